The lowest BCUT2D eigenvalue weighted by molar-refractivity contribution is -0.119. The van der Waals surface area contributed by atoms with Crippen LogP contribution in [0.5, 0.6) is 17.2 Å². The molecule has 2 atom stereocenters. The van der Waals surface area contributed by atoms with Gasteiger partial charge in [0, 0.05) is 6.04 Å². The number of rotatable bonds is 6. The van der Waals surface area contributed by atoms with E-state index >= 15 is 0 Å². The molecule has 0 fully saturated rings. The monoisotopic (exact) mass is 318 g/mol. The average Bonchev–Trinajstić information content (AvgIpc) is 2.45. The van der Waals surface area contributed by atoms with Gasteiger partial charge in [-0.05, 0) is 19.1 Å². The second-order valence-electron chi connectivity index (χ2n) is 4.52. The fourth-order valence-corrected chi connectivity index (χ4v) is 1.69. The fourth-order valence-electron chi connectivity index (χ4n) is 1.69. The van der Waals surface area contributed by atoms with Gasteiger partial charge in [0.15, 0.2) is 11.5 Å². The molecule has 1 aromatic carbocycles. The molecule has 1 rings (SSSR count). The van der Waals surface area contributed by atoms with Crippen LogP contribution in [-0.4, -0.2) is 33.3 Å². The quantitative estimate of drug-likeness (QED) is 0.839. The zero-order valence-electron chi connectivity index (χ0n) is 12.9. The van der Waals surface area contributed by atoms with Crippen LogP contribution in [0, 0.1) is 5.92 Å². The lowest BCUT2D eigenvalue weighted by Crippen LogP contribution is -2.34. The fraction of sp³-hybridized carbons (Fsp3) is 0.500. The number of benzene rings is 1. The first-order chi connectivity index (χ1) is 9.46. The summed E-state index contributed by atoms with van der Waals surface area (Å²) in [6.45, 7) is 3.56. The van der Waals surface area contributed by atoms with Crippen molar-refractivity contribution >= 4 is 24.0 Å². The van der Waals surface area contributed by atoms with Gasteiger partial charge in [-0.2, -0.15) is 0 Å². The molecule has 2 unspecified atom stereocenters. The van der Waals surface area contributed by atoms with Gasteiger partial charge in [0.2, 0.25) is 11.7 Å². The number of methoxy groups -OCH3 is 3. The summed E-state index contributed by atoms with van der Waals surface area (Å²) in [7, 11) is 4.55. The van der Waals surface area contributed by atoms with Crippen LogP contribution in [0.2, 0.25) is 0 Å². The Hall–Kier alpha value is -1.66. The molecule has 1 amide bonds. The number of ether oxygens (including phenoxy) is 3. The number of nitrogens with one attached hydrogen (secondary N) is 1. The maximum Gasteiger partial charge on any atom is 0.228 e. The summed E-state index contributed by atoms with van der Waals surface area (Å²) in [5.74, 6) is 0.888. The highest BCUT2D eigenvalue weighted by Crippen LogP contribution is 2.42. The van der Waals surface area contributed by atoms with Gasteiger partial charge in [-0.3, -0.25) is 4.79 Å². The summed E-state index contributed by atoms with van der Waals surface area (Å²) in [6.07, 6.45) is 0. The third kappa shape index (κ3) is 4.41. The first-order valence-corrected chi connectivity index (χ1v) is 6.31. The molecule has 0 saturated heterocycles. The Morgan fingerprint density at radius 1 is 1.10 bits per heavy atom. The van der Waals surface area contributed by atoms with Gasteiger partial charge in [-0.15, -0.1) is 12.4 Å². The van der Waals surface area contributed by atoms with Crippen LogP contribution in [0.25, 0.3) is 0 Å². The number of amides is 1. The third-order valence-corrected chi connectivity index (χ3v) is 3.16. The van der Waals surface area contributed by atoms with E-state index in [9.17, 15) is 4.79 Å². The van der Waals surface area contributed by atoms with Gasteiger partial charge in [-0.25, -0.2) is 0 Å². The van der Waals surface area contributed by atoms with Crippen LogP contribution in [0.4, 0.5) is 5.69 Å². The predicted molar refractivity (Wildman–Crippen MR) is 84.8 cm³/mol. The minimum absolute atomic E-state index is 0. The summed E-state index contributed by atoms with van der Waals surface area (Å²) >= 11 is 0. The molecule has 0 aromatic heterocycles. The summed E-state index contributed by atoms with van der Waals surface area (Å²) in [6, 6.07) is 3.17. The lowest BCUT2D eigenvalue weighted by atomic mass is 10.0. The molecule has 1 aromatic rings. The van der Waals surface area contributed by atoms with Crippen LogP contribution in [-0.2, 0) is 4.79 Å². The number of anilines is 1. The number of carbonyl (C=O) groups is 1. The van der Waals surface area contributed by atoms with E-state index < -0.39 is 0 Å². The molecule has 21 heavy (non-hydrogen) atoms. The number of hydrogen-bond donors (Lipinski definition) is 2. The smallest absolute Gasteiger partial charge is 0.228 e. The predicted octanol–water partition coefficient (Wildman–Crippen LogP) is 2.06. The molecular weight excluding hydrogens is 296 g/mol. The van der Waals surface area contributed by atoms with Gasteiger partial charge in [0.05, 0.1) is 32.9 Å². The Morgan fingerprint density at radius 3 is 2.10 bits per heavy atom. The summed E-state index contributed by atoms with van der Waals surface area (Å²) in [4.78, 5) is 12.1. The Morgan fingerprint density at radius 2 is 1.67 bits per heavy atom. The van der Waals surface area contributed by atoms with E-state index in [-0.39, 0.29) is 30.3 Å². The number of hydrogen-bond acceptors (Lipinski definition) is 5. The Labute approximate surface area is 131 Å². The molecule has 0 bridgehead atoms. The highest BCUT2D eigenvalue weighted by atomic mass is 35.5. The first-order valence-electron chi connectivity index (χ1n) is 6.31. The van der Waals surface area contributed by atoms with Crippen molar-refractivity contribution in [3.63, 3.8) is 0 Å². The third-order valence-electron chi connectivity index (χ3n) is 3.16. The molecule has 3 N–H and O–H groups in total. The topological polar surface area (TPSA) is 82.8 Å². The van der Waals surface area contributed by atoms with Gasteiger partial charge in [0.25, 0.3) is 0 Å². The van der Waals surface area contributed by atoms with Gasteiger partial charge < -0.3 is 25.3 Å². The van der Waals surface area contributed by atoms with Gasteiger partial charge >= 0.3 is 0 Å². The number of halogens is 1. The molecule has 6 nitrogen and oxygen atoms in total. The molecule has 120 valence electrons. The molecule has 0 aliphatic carbocycles. The summed E-state index contributed by atoms with van der Waals surface area (Å²) in [5.41, 5.74) is 6.24. The van der Waals surface area contributed by atoms with E-state index in [1.165, 1.54) is 21.3 Å². The van der Waals surface area contributed by atoms with Crippen molar-refractivity contribution in [1.29, 1.82) is 0 Å². The Kier molecular flexibility index (Phi) is 7.91. The van der Waals surface area contributed by atoms with E-state index in [2.05, 4.69) is 5.32 Å². The Balaban J connectivity index is 0.00000400. The van der Waals surface area contributed by atoms with Crippen molar-refractivity contribution in [2.45, 2.75) is 19.9 Å². The standard InChI is InChI=1S/C14H22N2O4.ClH/c1-8(9(2)15)14(17)16-10-6-7-11(18-3)13(20-5)12(10)19-4;/h6-9H,15H2,1-5H3,(H,16,17);1H. The lowest BCUT2D eigenvalue weighted by Gasteiger charge is -2.19. The molecular formula is C14H23ClN2O4. The Bertz CT molecular complexity index is 480. The van der Waals surface area contributed by atoms with Crippen molar-refractivity contribution in [1.82, 2.24) is 0 Å². The molecule has 0 aliphatic heterocycles. The average molecular weight is 319 g/mol. The normalized spacial score (nSPS) is 12.7. The minimum atomic E-state index is -0.312. The van der Waals surface area contributed by atoms with E-state index in [0.717, 1.165) is 0 Å². The second kappa shape index (κ2) is 8.59. The molecule has 0 aliphatic rings. The van der Waals surface area contributed by atoms with Crippen molar-refractivity contribution in [2.75, 3.05) is 26.6 Å². The number of carbonyl (C=O) groups excluding carboxylic acids is 1. The number of nitrogens with two attached hydrogens (primary N) is 1. The summed E-state index contributed by atoms with van der Waals surface area (Å²) in [5, 5.41) is 2.79. The van der Waals surface area contributed by atoms with Crippen molar-refractivity contribution in [3.8, 4) is 17.2 Å². The van der Waals surface area contributed by atoms with Crippen molar-refractivity contribution in [3.05, 3.63) is 12.1 Å². The molecule has 7 heteroatoms. The molecule has 0 saturated carbocycles. The van der Waals surface area contributed by atoms with Crippen LogP contribution in [0.3, 0.4) is 0 Å². The van der Waals surface area contributed by atoms with E-state index in [1.807, 2.05) is 0 Å². The molecule has 0 radical (unpaired) electrons. The van der Waals surface area contributed by atoms with E-state index in [0.29, 0.717) is 22.9 Å². The maximum atomic E-state index is 12.1. The van der Waals surface area contributed by atoms with Crippen LogP contribution >= 0.6 is 12.4 Å². The van der Waals surface area contributed by atoms with E-state index in [4.69, 9.17) is 19.9 Å². The highest BCUT2D eigenvalue weighted by molar-refractivity contribution is 5.95. The largest absolute Gasteiger partial charge is 0.493 e. The van der Waals surface area contributed by atoms with Gasteiger partial charge in [0.1, 0.15) is 0 Å². The zero-order valence-corrected chi connectivity index (χ0v) is 13.7. The van der Waals surface area contributed by atoms with E-state index in [1.54, 1.807) is 26.0 Å². The van der Waals surface area contributed by atoms with Crippen molar-refractivity contribution in [2.24, 2.45) is 11.7 Å². The minimum Gasteiger partial charge on any atom is -0.493 e. The highest BCUT2D eigenvalue weighted by Gasteiger charge is 2.21. The van der Waals surface area contributed by atoms with Crippen LogP contribution in [0.15, 0.2) is 12.1 Å². The molecule has 0 heterocycles. The first kappa shape index (κ1) is 19.3. The second-order valence-corrected chi connectivity index (χ2v) is 4.52. The maximum absolute atomic E-state index is 12.1. The molecule has 0 spiro atoms. The van der Waals surface area contributed by atoms with Gasteiger partial charge in [-0.1, -0.05) is 6.92 Å². The SMILES string of the molecule is COc1ccc(NC(=O)C(C)C(C)N)c(OC)c1OC.Cl. The summed E-state index contributed by atoms with van der Waals surface area (Å²) < 4.78 is 15.7. The van der Waals surface area contributed by atoms with Crippen LogP contribution < -0.4 is 25.3 Å². The van der Waals surface area contributed by atoms with Crippen LogP contribution in [0.1, 0.15) is 13.8 Å². The zero-order chi connectivity index (χ0) is 15.3. The van der Waals surface area contributed by atoms with Crippen molar-refractivity contribution < 1.29 is 19.0 Å².